The number of oxazole rings is 1. The maximum atomic E-state index is 5.01. The van der Waals surface area contributed by atoms with Crippen LogP contribution in [0.15, 0.2) is 218 Å². The van der Waals surface area contributed by atoms with Gasteiger partial charge in [-0.3, -0.25) is 0 Å². The lowest BCUT2D eigenvalue weighted by molar-refractivity contribution is -0.914. The molecule has 0 amide bonds. The van der Waals surface area contributed by atoms with Crippen molar-refractivity contribution in [2.75, 3.05) is 66.0 Å². The van der Waals surface area contributed by atoms with Crippen LogP contribution in [-0.2, 0) is 39.1 Å². The van der Waals surface area contributed by atoms with Crippen LogP contribution in [0.4, 0.5) is 0 Å². The molecule has 9 fully saturated rings. The number of aryl methyl sites for hydroxylation is 1. The summed E-state index contributed by atoms with van der Waals surface area (Å²) in [6.07, 6.45) is 78.3. The van der Waals surface area contributed by atoms with Crippen LogP contribution in [-0.4, -0.2) is 70.4 Å². The van der Waals surface area contributed by atoms with Crippen LogP contribution >= 0.6 is 0 Å². The Bertz CT molecular complexity index is 4300. The molecule has 0 radical (unpaired) electrons. The highest BCUT2D eigenvalue weighted by Gasteiger charge is 2.33. The van der Waals surface area contributed by atoms with Gasteiger partial charge in [0.15, 0.2) is 82.0 Å². The third kappa shape index (κ3) is 52.4. The number of quaternary nitrogens is 3. The van der Waals surface area contributed by atoms with Gasteiger partial charge in [-0.2, -0.15) is 4.57 Å². The van der Waals surface area contributed by atoms with Gasteiger partial charge in [0.25, 0.3) is 0 Å². The van der Waals surface area contributed by atoms with Crippen molar-refractivity contribution in [1.82, 2.24) is 0 Å². The lowest BCUT2D eigenvalue weighted by atomic mass is 9.72. The van der Waals surface area contributed by atoms with Crippen LogP contribution in [0.5, 0.6) is 0 Å². The average molecular weight is 1960 g/mol. The zero-order valence-corrected chi connectivity index (χ0v) is 96.6. The van der Waals surface area contributed by atoms with E-state index in [1.54, 1.807) is 44.8 Å². The first-order valence-corrected chi connectivity index (χ1v) is 60.4. The second-order valence-corrected chi connectivity index (χ2v) is 50.5. The fourth-order valence-corrected chi connectivity index (χ4v) is 24.1. The second-order valence-electron chi connectivity index (χ2n) is 50.5. The Hall–Kier alpha value is -6.65. The molecule has 9 nitrogen and oxygen atoms in total. The monoisotopic (exact) mass is 1960 g/mol. The van der Waals surface area contributed by atoms with E-state index < -0.39 is 0 Å². The van der Waals surface area contributed by atoms with Gasteiger partial charge < -0.3 is 18.7 Å². The highest BCUT2D eigenvalue weighted by Crippen LogP contribution is 2.41. The van der Waals surface area contributed by atoms with Crippen LogP contribution in [0.3, 0.4) is 0 Å². The predicted molar refractivity (Wildman–Crippen MR) is 610 cm³/mol. The maximum Gasteiger partial charge on any atom is 0.334 e. The largest absolute Gasteiger partial charge is 0.412 e. The molecule has 0 bridgehead atoms. The Morgan fingerprint density at radius 1 is 0.301 bits per heavy atom. The Labute approximate surface area is 882 Å². The molecule has 0 spiro atoms. The number of nitrogens with one attached hydrogen (secondary N) is 2. The summed E-state index contributed by atoms with van der Waals surface area (Å²) < 4.78 is 17.4. The van der Waals surface area contributed by atoms with E-state index in [-0.39, 0.29) is 0 Å². The SMILES string of the molecule is CC(C)C1CCC(CC2CCCCC2)CC1.CC(C)C1CCC(C[NH+]2CCCCC2)C1.CC(C)C1CCC(C[n+]2ccccc2)C1.CC(C)C1CCC(C[n+]2ccccc2)CC1.CC(C)CC[N+]1(C)CCCCC1.CC(C)CC[NH+]1CCCCC1.CC(C)CC[n+]1ccccc1.CC(C)c1ccc(CC2CCCCC2)cc1.CC(C)c1ccc(C[n+]2ccccc2)cc1.CC(C)c1ccc(C[n+]2ccoc2)cc1. The molecule has 3 aliphatic heterocycles. The minimum Gasteiger partial charge on any atom is -0.412 e. The molecule has 4 atom stereocenters. The lowest BCUT2D eigenvalue weighted by Crippen LogP contribution is -3.13. The van der Waals surface area contributed by atoms with Gasteiger partial charge in [0.05, 0.1) is 66.0 Å². The Balaban J connectivity index is 0.000000195. The Morgan fingerprint density at radius 2 is 0.650 bits per heavy atom. The van der Waals surface area contributed by atoms with Crippen molar-refractivity contribution in [3.05, 3.63) is 247 Å². The van der Waals surface area contributed by atoms with E-state index in [9.17, 15) is 0 Å². The fraction of sp³-hybridized carbons (Fsp3) is 0.694. The Kier molecular flexibility index (Phi) is 59.8. The zero-order valence-electron chi connectivity index (χ0n) is 96.6. The summed E-state index contributed by atoms with van der Waals surface area (Å²) in [5.74, 6) is 18.1. The summed E-state index contributed by atoms with van der Waals surface area (Å²) in [6.45, 7) is 64.6. The van der Waals surface area contributed by atoms with Crippen molar-refractivity contribution in [2.24, 2.45) is 101 Å². The highest BCUT2D eigenvalue weighted by molar-refractivity contribution is 5.26. The normalized spacial score (nSPS) is 21.6. The third-order valence-electron chi connectivity index (χ3n) is 34.5. The second kappa shape index (κ2) is 70.4. The molecular weight excluding hydrogens is 1740 g/mol. The number of aromatic nitrogens is 5. The van der Waals surface area contributed by atoms with Crippen molar-refractivity contribution in [1.29, 1.82) is 0 Å². The van der Waals surface area contributed by atoms with Gasteiger partial charge in [-0.1, -0.05) is 313 Å². The van der Waals surface area contributed by atoms with Crippen molar-refractivity contribution in [3.8, 4) is 0 Å². The number of hydrogen-bond donors (Lipinski definition) is 2. The topological polar surface area (TPSA) is 41.4 Å². The summed E-state index contributed by atoms with van der Waals surface area (Å²) >= 11 is 0. The average Bonchev–Trinajstić information content (AvgIpc) is 1.77. The first-order chi connectivity index (χ1) is 69.0. The van der Waals surface area contributed by atoms with Gasteiger partial charge in [-0.25, -0.2) is 18.3 Å². The molecule has 4 unspecified atom stereocenters. The van der Waals surface area contributed by atoms with Crippen LogP contribution in [0.2, 0.25) is 0 Å². The molecule has 3 aromatic carbocycles. The lowest BCUT2D eigenvalue weighted by Gasteiger charge is -2.38. The van der Waals surface area contributed by atoms with Crippen molar-refractivity contribution >= 4 is 0 Å². The number of piperidine rings is 3. The third-order valence-corrected chi connectivity index (χ3v) is 34.5. The molecule has 5 aromatic heterocycles. The van der Waals surface area contributed by atoms with Crippen molar-refractivity contribution in [2.45, 2.75) is 433 Å². The first-order valence-electron chi connectivity index (χ1n) is 60.4. The van der Waals surface area contributed by atoms with Crippen molar-refractivity contribution in [3.63, 3.8) is 0 Å². The Morgan fingerprint density at radius 3 is 1.06 bits per heavy atom. The molecule has 9 aliphatic rings. The molecule has 6 aliphatic carbocycles. The number of pyridine rings is 4. The minimum atomic E-state index is 0.598. The summed E-state index contributed by atoms with van der Waals surface area (Å²) in [7, 11) is 2.43. The van der Waals surface area contributed by atoms with Crippen molar-refractivity contribution < 1.29 is 41.5 Å². The van der Waals surface area contributed by atoms with E-state index in [0.717, 1.165) is 120 Å². The molecule has 798 valence electrons. The van der Waals surface area contributed by atoms with Gasteiger partial charge >= 0.3 is 6.39 Å². The zero-order chi connectivity index (χ0) is 103. The summed E-state index contributed by atoms with van der Waals surface area (Å²) in [4.78, 5) is 3.76. The smallest absolute Gasteiger partial charge is 0.334 e. The van der Waals surface area contributed by atoms with Crippen LogP contribution in [0.25, 0.3) is 0 Å². The predicted octanol–water partition coefficient (Wildman–Crippen LogP) is 30.6. The number of hydrogen-bond acceptors (Lipinski definition) is 1. The molecule has 3 saturated heterocycles. The summed E-state index contributed by atoms with van der Waals surface area (Å²) in [6, 6.07) is 51.9. The summed E-state index contributed by atoms with van der Waals surface area (Å²) in [5, 5.41) is 0. The molecule has 143 heavy (non-hydrogen) atoms. The van der Waals surface area contributed by atoms with E-state index >= 15 is 0 Å². The van der Waals surface area contributed by atoms with Gasteiger partial charge in [-0.15, -0.1) is 0 Å². The van der Waals surface area contributed by atoms with E-state index in [1.807, 2.05) is 32.7 Å². The molecule has 8 heterocycles. The van der Waals surface area contributed by atoms with Gasteiger partial charge in [0.1, 0.15) is 6.54 Å². The van der Waals surface area contributed by atoms with Gasteiger partial charge in [0, 0.05) is 83.8 Å². The fourth-order valence-electron chi connectivity index (χ4n) is 24.1. The van der Waals surface area contributed by atoms with E-state index in [4.69, 9.17) is 4.42 Å². The molecular formula is C134H224N8O+8. The number of rotatable bonds is 30. The number of likely N-dealkylation sites (tertiary alicyclic amines) is 3. The quantitative estimate of drug-likeness (QED) is 0.0342. The molecule has 2 N–H and O–H groups in total. The van der Waals surface area contributed by atoms with Crippen LogP contribution in [0, 0.1) is 101 Å². The molecule has 9 heteroatoms. The maximum absolute atomic E-state index is 5.01. The van der Waals surface area contributed by atoms with Crippen LogP contribution < -0.4 is 32.6 Å². The standard InChI is InChI=1S/C16H30.C16H24.C15H24N.C15H18N.C14H27N.C14H22N.C13H16NO.C11H24N.C10H21N.C10H16N/c2*1-13(2)16-10-8-15(9-11-16)12-14-6-4-3-5-7-14;2*1-13(2)15-8-6-14(7-9-15)12-16-10-4-3-5-11-16;2*1-12(2)14-7-6-13(10-14)11-15-8-4-3-5-9-15;1-11(2)13-5-3-12(4-6-13)9-14-7-8-15-10-14;1-11(2)7-10-12(3)8-5-4-6-9-12;2*1-10(2)6-9-11-7-4-3-5-8-11/h13-16H,3-12H2,1-2H3;8-11,13-14H,3-7,12H2,1-2H3;3-5,10-11,13-15H,6-9,12H2,1-2H3;3-11,13H,12H2,1-2H3;12-14H,3-11H2,1-2H3;3-5,8-9,12-14H,6-7,10-11H2,1-2H3;3-8,10-11H,9H2,1-2H3;11H,4-10H2,1-3H3;10H,3-9H2,1-2H3;3-5,7-8,10H,6,9H2,1-2H3/q;;2*+1;;3*+1;;+1/p+2. The number of benzene rings is 3. The molecule has 8 aromatic rings. The molecule has 17 rings (SSSR count). The van der Waals surface area contributed by atoms with Crippen LogP contribution in [0.1, 0.15) is 427 Å². The first kappa shape index (κ1) is 122. The van der Waals surface area contributed by atoms with E-state index in [1.165, 1.54) is 322 Å². The number of nitrogens with zero attached hydrogens (tertiary/aromatic N) is 6. The highest BCUT2D eigenvalue weighted by atomic mass is 16.3. The molecule has 6 saturated carbocycles. The van der Waals surface area contributed by atoms with E-state index in [2.05, 4.69) is 347 Å². The minimum absolute atomic E-state index is 0.598. The summed E-state index contributed by atoms with van der Waals surface area (Å²) in [5.41, 5.74) is 8.44. The van der Waals surface area contributed by atoms with Gasteiger partial charge in [-0.05, 0) is 283 Å². The van der Waals surface area contributed by atoms with Gasteiger partial charge in [0.2, 0.25) is 6.20 Å². The van der Waals surface area contributed by atoms with E-state index in [0.29, 0.717) is 17.8 Å².